The highest BCUT2D eigenvalue weighted by atomic mass is 31.2. The Morgan fingerprint density at radius 2 is 2.00 bits per heavy atom. The van der Waals surface area contributed by atoms with Crippen LogP contribution in [0.2, 0.25) is 0 Å². The Balaban J connectivity index is 2.34. The molecular weight excluding hydrogens is 211 g/mol. The van der Waals surface area contributed by atoms with Crippen LogP contribution in [-0.2, 0) is 4.52 Å². The summed E-state index contributed by atoms with van der Waals surface area (Å²) in [5.41, 5.74) is 3.84. The van der Waals surface area contributed by atoms with E-state index in [1.165, 1.54) is 0 Å². The van der Waals surface area contributed by atoms with Crippen molar-refractivity contribution < 1.29 is 14.3 Å². The van der Waals surface area contributed by atoms with E-state index in [1.807, 2.05) is 0 Å². The lowest BCUT2D eigenvalue weighted by molar-refractivity contribution is 0.265. The maximum Gasteiger partial charge on any atom is 0.327 e. The number of anilines is 2. The standard InChI is InChI=1S/C6H9N2O5P/c7-3-4(6(10)5(3)9)8-1-2-13-14(11)12/h8,11-12H,1-2,7H2. The van der Waals surface area contributed by atoms with E-state index in [0.29, 0.717) is 0 Å². The van der Waals surface area contributed by atoms with Crippen LogP contribution in [0.1, 0.15) is 0 Å². The lowest BCUT2D eigenvalue weighted by Gasteiger charge is -2.09. The Morgan fingerprint density at radius 3 is 2.50 bits per heavy atom. The van der Waals surface area contributed by atoms with Gasteiger partial charge in [0.1, 0.15) is 11.4 Å². The number of nitrogen functional groups attached to an aromatic ring is 1. The molecule has 5 N–H and O–H groups in total. The second kappa shape index (κ2) is 4.47. The van der Waals surface area contributed by atoms with Gasteiger partial charge in [0.05, 0.1) is 6.61 Å². The molecule has 0 aliphatic carbocycles. The molecule has 1 aromatic rings. The maximum atomic E-state index is 10.8. The summed E-state index contributed by atoms with van der Waals surface area (Å²) in [7, 11) is -2.39. The van der Waals surface area contributed by atoms with Crippen molar-refractivity contribution in [1.29, 1.82) is 0 Å². The summed E-state index contributed by atoms with van der Waals surface area (Å²) in [5, 5.41) is 2.55. The molecule has 0 aliphatic heterocycles. The first-order chi connectivity index (χ1) is 6.54. The van der Waals surface area contributed by atoms with Gasteiger partial charge in [0, 0.05) is 6.54 Å². The van der Waals surface area contributed by atoms with Crippen molar-refractivity contribution in [3.8, 4) is 0 Å². The quantitative estimate of drug-likeness (QED) is 0.270. The van der Waals surface area contributed by atoms with E-state index < -0.39 is 19.5 Å². The van der Waals surface area contributed by atoms with Gasteiger partial charge in [0.25, 0.3) is 10.9 Å². The van der Waals surface area contributed by atoms with E-state index in [4.69, 9.17) is 15.5 Å². The van der Waals surface area contributed by atoms with E-state index in [9.17, 15) is 9.59 Å². The van der Waals surface area contributed by atoms with Crippen LogP contribution >= 0.6 is 8.60 Å². The molecule has 0 aromatic heterocycles. The SMILES string of the molecule is Nc1c(NCCOP(O)O)c(=O)c1=O. The van der Waals surface area contributed by atoms with Crippen LogP contribution in [0.5, 0.6) is 0 Å². The molecule has 0 aliphatic rings. The summed E-state index contributed by atoms with van der Waals surface area (Å²) in [6, 6.07) is 0. The molecule has 14 heavy (non-hydrogen) atoms. The van der Waals surface area contributed by atoms with Gasteiger partial charge in [0.2, 0.25) is 0 Å². The average molecular weight is 220 g/mol. The van der Waals surface area contributed by atoms with Crippen molar-refractivity contribution in [3.05, 3.63) is 20.4 Å². The molecule has 0 radical (unpaired) electrons. The zero-order valence-electron chi connectivity index (χ0n) is 7.06. The van der Waals surface area contributed by atoms with Gasteiger partial charge in [-0.25, -0.2) is 0 Å². The predicted octanol–water partition coefficient (Wildman–Crippen LogP) is -1.50. The molecule has 78 valence electrons. The van der Waals surface area contributed by atoms with Gasteiger partial charge in [-0.05, 0) is 0 Å². The van der Waals surface area contributed by atoms with Crippen molar-refractivity contribution in [3.63, 3.8) is 0 Å². The van der Waals surface area contributed by atoms with Gasteiger partial charge in [0.15, 0.2) is 0 Å². The monoisotopic (exact) mass is 220 g/mol. The number of nitrogens with two attached hydrogens (primary N) is 1. The molecular formula is C6H9N2O5P. The van der Waals surface area contributed by atoms with E-state index in [-0.39, 0.29) is 24.5 Å². The number of nitrogens with one attached hydrogen (secondary N) is 1. The van der Waals surface area contributed by atoms with Crippen LogP contribution in [0, 0.1) is 0 Å². The highest BCUT2D eigenvalue weighted by Gasteiger charge is 2.16. The largest absolute Gasteiger partial charge is 0.394 e. The summed E-state index contributed by atoms with van der Waals surface area (Å²) in [5.74, 6) is 0. The first-order valence-corrected chi connectivity index (χ1v) is 4.84. The van der Waals surface area contributed by atoms with Gasteiger partial charge in [-0.2, -0.15) is 0 Å². The van der Waals surface area contributed by atoms with Crippen LogP contribution < -0.4 is 21.9 Å². The van der Waals surface area contributed by atoms with Crippen molar-refractivity contribution in [2.24, 2.45) is 0 Å². The van der Waals surface area contributed by atoms with Crippen LogP contribution in [0.15, 0.2) is 9.59 Å². The minimum absolute atomic E-state index is 0.0109. The topological polar surface area (TPSA) is 122 Å². The fourth-order valence-corrected chi connectivity index (χ4v) is 1.14. The van der Waals surface area contributed by atoms with Gasteiger partial charge < -0.3 is 25.4 Å². The molecule has 0 unspecified atom stereocenters. The molecule has 0 amide bonds. The van der Waals surface area contributed by atoms with E-state index in [2.05, 4.69) is 9.84 Å². The van der Waals surface area contributed by atoms with Crippen molar-refractivity contribution in [2.75, 3.05) is 24.2 Å². The lowest BCUT2D eigenvalue weighted by Crippen LogP contribution is -2.37. The lowest BCUT2D eigenvalue weighted by atomic mass is 10.2. The molecule has 0 atom stereocenters. The first-order valence-electron chi connectivity index (χ1n) is 3.67. The van der Waals surface area contributed by atoms with E-state index >= 15 is 0 Å². The summed E-state index contributed by atoms with van der Waals surface area (Å²) < 4.78 is 4.41. The molecule has 1 rings (SSSR count). The molecule has 0 saturated carbocycles. The summed E-state index contributed by atoms with van der Waals surface area (Å²) in [6.07, 6.45) is 0. The van der Waals surface area contributed by atoms with Gasteiger partial charge in [-0.3, -0.25) is 9.59 Å². The Kier molecular flexibility index (Phi) is 3.54. The van der Waals surface area contributed by atoms with Crippen molar-refractivity contribution >= 4 is 20.0 Å². The number of hydrogen-bond donors (Lipinski definition) is 4. The fraction of sp³-hybridized carbons (Fsp3) is 0.333. The van der Waals surface area contributed by atoms with Crippen LogP contribution in [0.25, 0.3) is 0 Å². The van der Waals surface area contributed by atoms with Gasteiger partial charge >= 0.3 is 8.60 Å². The zero-order chi connectivity index (χ0) is 10.7. The van der Waals surface area contributed by atoms with Crippen molar-refractivity contribution in [1.82, 2.24) is 0 Å². The zero-order valence-corrected chi connectivity index (χ0v) is 7.95. The van der Waals surface area contributed by atoms with E-state index in [1.54, 1.807) is 0 Å². The molecule has 7 nitrogen and oxygen atoms in total. The van der Waals surface area contributed by atoms with Gasteiger partial charge in [-0.15, -0.1) is 0 Å². The maximum absolute atomic E-state index is 10.8. The Labute approximate surface area is 79.8 Å². The van der Waals surface area contributed by atoms with Crippen LogP contribution in [0.4, 0.5) is 11.4 Å². The molecule has 0 heterocycles. The average Bonchev–Trinajstić information content (AvgIpc) is 2.15. The third-order valence-electron chi connectivity index (χ3n) is 1.56. The third-order valence-corrected chi connectivity index (χ3v) is 1.97. The summed E-state index contributed by atoms with van der Waals surface area (Å²) in [6.45, 7) is 0.186. The second-order valence-electron chi connectivity index (χ2n) is 2.46. The highest BCUT2D eigenvalue weighted by Crippen LogP contribution is 2.23. The molecule has 8 heteroatoms. The first kappa shape index (κ1) is 11.1. The predicted molar refractivity (Wildman–Crippen MR) is 51.6 cm³/mol. The van der Waals surface area contributed by atoms with E-state index in [0.717, 1.165) is 0 Å². The Morgan fingerprint density at radius 1 is 1.36 bits per heavy atom. The van der Waals surface area contributed by atoms with Crippen LogP contribution in [0.3, 0.4) is 0 Å². The molecule has 0 saturated heterocycles. The summed E-state index contributed by atoms with van der Waals surface area (Å²) in [4.78, 5) is 38.1. The molecule has 1 aromatic carbocycles. The molecule has 0 bridgehead atoms. The minimum Gasteiger partial charge on any atom is -0.394 e. The second-order valence-corrected chi connectivity index (χ2v) is 3.22. The fourth-order valence-electron chi connectivity index (χ4n) is 0.888. The Bertz CT molecular complexity index is 383. The number of hydrogen-bond acceptors (Lipinski definition) is 7. The van der Waals surface area contributed by atoms with Gasteiger partial charge in [-0.1, -0.05) is 0 Å². The van der Waals surface area contributed by atoms with Crippen LogP contribution in [-0.4, -0.2) is 22.9 Å². The molecule has 0 spiro atoms. The smallest absolute Gasteiger partial charge is 0.327 e. The molecule has 0 fully saturated rings. The summed E-state index contributed by atoms with van der Waals surface area (Å²) >= 11 is 0. The minimum atomic E-state index is -2.39. The highest BCUT2D eigenvalue weighted by molar-refractivity contribution is 7.39. The third kappa shape index (κ3) is 2.27. The number of rotatable bonds is 5. The Hall–Kier alpha value is -1.01. The normalized spacial score (nSPS) is 11.1. The van der Waals surface area contributed by atoms with Crippen molar-refractivity contribution in [2.45, 2.75) is 0 Å².